The van der Waals surface area contributed by atoms with Crippen molar-refractivity contribution >= 4 is 39.7 Å². The summed E-state index contributed by atoms with van der Waals surface area (Å²) in [5.74, 6) is 0.657. The van der Waals surface area contributed by atoms with Gasteiger partial charge in [0.05, 0.1) is 5.71 Å². The van der Waals surface area contributed by atoms with Crippen molar-refractivity contribution in [1.82, 2.24) is 0 Å². The quantitative estimate of drug-likeness (QED) is 0.806. The van der Waals surface area contributed by atoms with E-state index in [0.29, 0.717) is 11.3 Å². The van der Waals surface area contributed by atoms with Crippen LogP contribution in [0.15, 0.2) is 45.8 Å². The topological polar surface area (TPSA) is 53.2 Å². The van der Waals surface area contributed by atoms with E-state index in [1.807, 2.05) is 36.0 Å². The van der Waals surface area contributed by atoms with E-state index in [2.05, 4.69) is 24.0 Å². The predicted octanol–water partition coefficient (Wildman–Crippen LogP) is 3.96. The Bertz CT molecular complexity index is 947. The van der Waals surface area contributed by atoms with Gasteiger partial charge in [0.15, 0.2) is 0 Å². The number of carbonyl (C=O) groups is 1. The molecule has 4 rings (SSSR count). The molecule has 2 aromatic carbocycles. The molecule has 0 aromatic heterocycles. The summed E-state index contributed by atoms with van der Waals surface area (Å²) in [6.45, 7) is 2.17. The first-order valence-electron chi connectivity index (χ1n) is 7.23. The largest absolute Gasteiger partial charge is 0.288 e. The fourth-order valence-electron chi connectivity index (χ4n) is 3.12. The van der Waals surface area contributed by atoms with Crippen molar-refractivity contribution in [2.45, 2.75) is 18.2 Å². The number of allylic oxidation sites excluding steroid dienone is 1. The van der Waals surface area contributed by atoms with Crippen molar-refractivity contribution in [3.63, 3.8) is 0 Å². The average molecular weight is 304 g/mol. The molecule has 106 valence electrons. The van der Waals surface area contributed by atoms with Crippen LogP contribution < -0.4 is 0 Å². The Morgan fingerprint density at radius 1 is 1.23 bits per heavy atom. The van der Waals surface area contributed by atoms with Crippen molar-refractivity contribution in [2.75, 3.05) is 5.75 Å². The number of nitrogens with zero attached hydrogens (tertiary/aromatic N) is 2. The third-order valence-electron chi connectivity index (χ3n) is 4.01. The number of amides is 1. The van der Waals surface area contributed by atoms with Crippen molar-refractivity contribution < 1.29 is 4.79 Å². The Hall–Kier alpha value is -2.38. The molecule has 4 heteroatoms. The van der Waals surface area contributed by atoms with Gasteiger partial charge in [-0.1, -0.05) is 31.2 Å². The first-order chi connectivity index (χ1) is 10.8. The molecule has 0 bridgehead atoms. The zero-order valence-corrected chi connectivity index (χ0v) is 12.8. The summed E-state index contributed by atoms with van der Waals surface area (Å²) in [4.78, 5) is 17.2. The van der Waals surface area contributed by atoms with Crippen LogP contribution in [0.25, 0.3) is 16.3 Å². The highest BCUT2D eigenvalue weighted by Crippen LogP contribution is 2.45. The SMILES string of the molecule is CCCSc1ccc2c3c(cccc13)C1=NC(=O)C(C#N)=C12. The number of hydrogen-bond donors (Lipinski definition) is 0. The molecule has 0 spiro atoms. The number of hydrogen-bond acceptors (Lipinski definition) is 3. The summed E-state index contributed by atoms with van der Waals surface area (Å²) in [7, 11) is 0. The normalized spacial score (nSPS) is 15.3. The lowest BCUT2D eigenvalue weighted by Gasteiger charge is -2.08. The van der Waals surface area contributed by atoms with E-state index >= 15 is 0 Å². The van der Waals surface area contributed by atoms with Crippen molar-refractivity contribution in [2.24, 2.45) is 4.99 Å². The molecular formula is C18H12N2OS. The number of carbonyl (C=O) groups excluding carboxylic acids is 1. The monoisotopic (exact) mass is 304 g/mol. The summed E-state index contributed by atoms with van der Waals surface area (Å²) in [5.41, 5.74) is 3.49. The molecule has 1 aliphatic carbocycles. The van der Waals surface area contributed by atoms with Gasteiger partial charge in [0.1, 0.15) is 11.6 Å². The van der Waals surface area contributed by atoms with E-state index in [0.717, 1.165) is 28.7 Å². The van der Waals surface area contributed by atoms with Gasteiger partial charge in [0, 0.05) is 21.4 Å². The Labute approximate surface area is 132 Å². The second kappa shape index (κ2) is 4.82. The summed E-state index contributed by atoms with van der Waals surface area (Å²) in [6, 6.07) is 12.2. The highest BCUT2D eigenvalue weighted by Gasteiger charge is 2.35. The third kappa shape index (κ3) is 1.63. The first kappa shape index (κ1) is 13.3. The molecule has 1 aliphatic heterocycles. The van der Waals surface area contributed by atoms with Gasteiger partial charge in [-0.15, -0.1) is 11.8 Å². The molecule has 0 fully saturated rings. The standard InChI is InChI=1S/C18H12N2OS/c1-2-8-22-14-7-6-11-15-10(14)4-3-5-12(15)17-16(11)13(9-19)18(21)20-17/h3-7H,2,8H2,1H3. The van der Waals surface area contributed by atoms with E-state index in [9.17, 15) is 10.1 Å². The Morgan fingerprint density at radius 2 is 2.09 bits per heavy atom. The van der Waals surface area contributed by atoms with E-state index in [1.54, 1.807) is 0 Å². The van der Waals surface area contributed by atoms with E-state index in [4.69, 9.17) is 0 Å². The van der Waals surface area contributed by atoms with Gasteiger partial charge in [0.2, 0.25) is 0 Å². The van der Waals surface area contributed by atoms with Crippen molar-refractivity contribution in [3.8, 4) is 6.07 Å². The highest BCUT2D eigenvalue weighted by atomic mass is 32.2. The smallest absolute Gasteiger partial charge is 0.266 e. The number of aliphatic imine (C=N–C) groups is 1. The zero-order chi connectivity index (χ0) is 15.3. The average Bonchev–Trinajstić information content (AvgIpc) is 3.02. The molecule has 0 N–H and O–H groups in total. The molecule has 0 radical (unpaired) electrons. The fraction of sp³-hybridized carbons (Fsp3) is 0.167. The van der Waals surface area contributed by atoms with E-state index < -0.39 is 5.91 Å². The maximum atomic E-state index is 11.9. The third-order valence-corrected chi connectivity index (χ3v) is 5.29. The Kier molecular flexibility index (Phi) is 2.91. The van der Waals surface area contributed by atoms with Crippen LogP contribution in [-0.4, -0.2) is 17.4 Å². The zero-order valence-electron chi connectivity index (χ0n) is 12.0. The Morgan fingerprint density at radius 3 is 2.86 bits per heavy atom. The highest BCUT2D eigenvalue weighted by molar-refractivity contribution is 7.99. The lowest BCUT2D eigenvalue weighted by atomic mass is 10.0. The van der Waals surface area contributed by atoms with Gasteiger partial charge < -0.3 is 0 Å². The van der Waals surface area contributed by atoms with Crippen molar-refractivity contribution in [3.05, 3.63) is 47.0 Å². The van der Waals surface area contributed by atoms with Gasteiger partial charge in [-0.3, -0.25) is 4.79 Å². The number of rotatable bonds is 3. The minimum Gasteiger partial charge on any atom is -0.266 e. The van der Waals surface area contributed by atoms with Gasteiger partial charge in [-0.05, 0) is 29.2 Å². The molecule has 1 heterocycles. The van der Waals surface area contributed by atoms with Crippen LogP contribution in [0.4, 0.5) is 0 Å². The Balaban J connectivity index is 2.04. The van der Waals surface area contributed by atoms with Crippen LogP contribution in [0.3, 0.4) is 0 Å². The lowest BCUT2D eigenvalue weighted by Crippen LogP contribution is -1.93. The van der Waals surface area contributed by atoms with Crippen molar-refractivity contribution in [1.29, 1.82) is 5.26 Å². The van der Waals surface area contributed by atoms with Crippen LogP contribution in [0, 0.1) is 11.3 Å². The molecule has 0 saturated carbocycles. The first-order valence-corrected chi connectivity index (χ1v) is 8.22. The second-order valence-corrected chi connectivity index (χ2v) is 6.45. The van der Waals surface area contributed by atoms with Gasteiger partial charge in [-0.25, -0.2) is 4.99 Å². The number of fused-ring (bicyclic) bond motifs is 3. The predicted molar refractivity (Wildman–Crippen MR) is 89.0 cm³/mol. The van der Waals surface area contributed by atoms with Gasteiger partial charge in [-0.2, -0.15) is 5.26 Å². The molecule has 0 saturated heterocycles. The van der Waals surface area contributed by atoms with Crippen LogP contribution in [0.1, 0.15) is 24.5 Å². The summed E-state index contributed by atoms with van der Waals surface area (Å²) < 4.78 is 0. The number of nitriles is 1. The molecule has 22 heavy (non-hydrogen) atoms. The molecule has 0 unspecified atom stereocenters. The summed E-state index contributed by atoms with van der Waals surface area (Å²) in [6.07, 6.45) is 1.12. The minimum absolute atomic E-state index is 0.168. The number of benzene rings is 2. The maximum Gasteiger partial charge on any atom is 0.288 e. The molecule has 2 aromatic rings. The van der Waals surface area contributed by atoms with Gasteiger partial charge in [0.25, 0.3) is 5.91 Å². The molecule has 1 amide bonds. The van der Waals surface area contributed by atoms with E-state index in [1.165, 1.54) is 10.3 Å². The summed E-state index contributed by atoms with van der Waals surface area (Å²) in [5, 5.41) is 11.6. The van der Waals surface area contributed by atoms with E-state index in [-0.39, 0.29) is 5.57 Å². The lowest BCUT2D eigenvalue weighted by molar-refractivity contribution is -0.113. The van der Waals surface area contributed by atoms with Crippen LogP contribution in [0.2, 0.25) is 0 Å². The van der Waals surface area contributed by atoms with Crippen LogP contribution >= 0.6 is 11.8 Å². The summed E-state index contributed by atoms with van der Waals surface area (Å²) >= 11 is 1.84. The minimum atomic E-state index is -0.417. The molecule has 2 aliphatic rings. The van der Waals surface area contributed by atoms with Gasteiger partial charge >= 0.3 is 0 Å². The molecule has 0 atom stereocenters. The maximum absolute atomic E-state index is 11.9. The number of thioether (sulfide) groups is 1. The second-order valence-electron chi connectivity index (χ2n) is 5.32. The van der Waals surface area contributed by atoms with Crippen LogP contribution in [0.5, 0.6) is 0 Å². The molecule has 3 nitrogen and oxygen atoms in total. The molecular weight excluding hydrogens is 292 g/mol. The van der Waals surface area contributed by atoms with Crippen LogP contribution in [-0.2, 0) is 4.79 Å². The fourth-order valence-corrected chi connectivity index (χ4v) is 4.04.